The summed E-state index contributed by atoms with van der Waals surface area (Å²) >= 11 is 0. The lowest BCUT2D eigenvalue weighted by Crippen LogP contribution is -2.43. The van der Waals surface area contributed by atoms with Gasteiger partial charge in [-0.05, 0) is 44.4 Å². The Kier molecular flexibility index (Phi) is 6.46. The van der Waals surface area contributed by atoms with Crippen LogP contribution in [0.4, 0.5) is 5.69 Å². The molecule has 31 heavy (non-hydrogen) atoms. The van der Waals surface area contributed by atoms with Crippen LogP contribution in [0.1, 0.15) is 57.4 Å². The number of hydrogen-bond donors (Lipinski definition) is 2. The molecule has 168 valence electrons. The van der Waals surface area contributed by atoms with Gasteiger partial charge in [0, 0.05) is 31.6 Å². The fraction of sp³-hybridized carbons (Fsp3) is 0.609. The minimum atomic E-state index is -0.794. The second-order valence-electron chi connectivity index (χ2n) is 8.78. The quantitative estimate of drug-likeness (QED) is 0.650. The van der Waals surface area contributed by atoms with E-state index >= 15 is 0 Å². The number of nitrogens with one attached hydrogen (secondary N) is 1. The lowest BCUT2D eigenvalue weighted by Gasteiger charge is -2.31. The molecule has 2 N–H and O–H groups in total. The molecule has 0 spiro atoms. The highest BCUT2D eigenvalue weighted by Gasteiger charge is 2.41. The second kappa shape index (κ2) is 9.26. The Morgan fingerprint density at radius 3 is 2.87 bits per heavy atom. The summed E-state index contributed by atoms with van der Waals surface area (Å²) in [4.78, 5) is 32.8. The van der Waals surface area contributed by atoms with Gasteiger partial charge in [0.15, 0.2) is 0 Å². The Hall–Kier alpha value is -2.61. The number of amides is 2. The van der Waals surface area contributed by atoms with Crippen molar-refractivity contribution in [2.24, 2.45) is 4.99 Å². The molecule has 1 aliphatic carbocycles. The highest BCUT2D eigenvalue weighted by Crippen LogP contribution is 2.32. The van der Waals surface area contributed by atoms with Crippen LogP contribution in [0.5, 0.6) is 5.75 Å². The Morgan fingerprint density at radius 1 is 1.35 bits per heavy atom. The molecule has 4 rings (SSSR count). The summed E-state index contributed by atoms with van der Waals surface area (Å²) in [5.74, 6) is 1.16. The molecule has 2 heterocycles. The maximum atomic E-state index is 12.5. The number of nitrogens with zero attached hydrogens (tertiary/aromatic N) is 3. The van der Waals surface area contributed by atoms with E-state index in [4.69, 9.17) is 4.74 Å². The molecule has 0 bridgehead atoms. The van der Waals surface area contributed by atoms with Crippen molar-refractivity contribution in [1.29, 1.82) is 0 Å². The Morgan fingerprint density at radius 2 is 2.13 bits per heavy atom. The van der Waals surface area contributed by atoms with Crippen LogP contribution in [0.3, 0.4) is 0 Å². The fourth-order valence-corrected chi connectivity index (χ4v) is 4.72. The van der Waals surface area contributed by atoms with Gasteiger partial charge < -0.3 is 19.6 Å². The summed E-state index contributed by atoms with van der Waals surface area (Å²) in [5, 5.41) is 12.7. The van der Waals surface area contributed by atoms with Crippen LogP contribution in [-0.4, -0.2) is 64.5 Å². The van der Waals surface area contributed by atoms with E-state index in [0.29, 0.717) is 38.0 Å². The molecule has 0 aromatic heterocycles. The lowest BCUT2D eigenvalue weighted by atomic mass is 9.94. The van der Waals surface area contributed by atoms with Crippen molar-refractivity contribution in [2.75, 3.05) is 13.7 Å². The van der Waals surface area contributed by atoms with Crippen LogP contribution in [0, 0.1) is 0 Å². The van der Waals surface area contributed by atoms with Crippen LogP contribution in [0.2, 0.25) is 0 Å². The maximum Gasteiger partial charge on any atom is 0.252 e. The van der Waals surface area contributed by atoms with Crippen molar-refractivity contribution in [3.05, 3.63) is 23.8 Å². The molecule has 1 aromatic rings. The third-order valence-electron chi connectivity index (χ3n) is 6.51. The van der Waals surface area contributed by atoms with Crippen LogP contribution < -0.4 is 10.1 Å². The van der Waals surface area contributed by atoms with Gasteiger partial charge in [-0.25, -0.2) is 4.99 Å². The first-order valence-electron chi connectivity index (χ1n) is 11.3. The lowest BCUT2D eigenvalue weighted by molar-refractivity contribution is -0.132. The van der Waals surface area contributed by atoms with Crippen molar-refractivity contribution >= 4 is 23.5 Å². The summed E-state index contributed by atoms with van der Waals surface area (Å²) < 4.78 is 5.88. The van der Waals surface area contributed by atoms with Gasteiger partial charge in [0.05, 0.1) is 18.4 Å². The van der Waals surface area contributed by atoms with E-state index in [1.165, 1.54) is 19.3 Å². The number of carbonyl (C=O) groups is 2. The van der Waals surface area contributed by atoms with Crippen molar-refractivity contribution in [2.45, 2.75) is 76.6 Å². The zero-order valence-electron chi connectivity index (χ0n) is 18.3. The first kappa shape index (κ1) is 21.6. The summed E-state index contributed by atoms with van der Waals surface area (Å²) in [6, 6.07) is 5.42. The van der Waals surface area contributed by atoms with Crippen molar-refractivity contribution in [1.82, 2.24) is 15.1 Å². The van der Waals surface area contributed by atoms with Gasteiger partial charge in [-0.3, -0.25) is 14.9 Å². The summed E-state index contributed by atoms with van der Waals surface area (Å²) in [6.45, 7) is 2.55. The number of guanidine groups is 1. The molecule has 2 amide bonds. The van der Waals surface area contributed by atoms with E-state index in [1.54, 1.807) is 11.8 Å². The summed E-state index contributed by atoms with van der Waals surface area (Å²) in [7, 11) is 1.93. The number of benzene rings is 1. The highest BCUT2D eigenvalue weighted by molar-refractivity contribution is 6.08. The number of hydrogen-bond acceptors (Lipinski definition) is 6. The standard InChI is InChI=1S/C23H32N4O4/c1-15(28)21-22(30)25-23-24-19-11-10-18(13-16(19)14-27(21)23)31-12-6-9-20(29)26(2)17-7-4-3-5-8-17/h10-11,13,15,17,21,28H,3-9,12,14H2,1-2H3,(H,24,25,30). The third kappa shape index (κ3) is 4.69. The fourth-order valence-electron chi connectivity index (χ4n) is 4.72. The van der Waals surface area contributed by atoms with Crippen molar-refractivity contribution in [3.8, 4) is 5.75 Å². The number of aliphatic hydroxyl groups excluding tert-OH is 1. The van der Waals surface area contributed by atoms with E-state index in [2.05, 4.69) is 10.3 Å². The van der Waals surface area contributed by atoms with E-state index in [-0.39, 0.29) is 11.8 Å². The minimum Gasteiger partial charge on any atom is -0.494 e. The highest BCUT2D eigenvalue weighted by atomic mass is 16.5. The average molecular weight is 429 g/mol. The Bertz CT molecular complexity index is 863. The molecule has 0 radical (unpaired) electrons. The van der Waals surface area contributed by atoms with Gasteiger partial charge in [-0.15, -0.1) is 0 Å². The zero-order valence-corrected chi connectivity index (χ0v) is 18.3. The topological polar surface area (TPSA) is 94.5 Å². The smallest absolute Gasteiger partial charge is 0.252 e. The Labute approximate surface area is 183 Å². The number of rotatable bonds is 7. The monoisotopic (exact) mass is 428 g/mol. The largest absolute Gasteiger partial charge is 0.494 e. The molecule has 2 atom stereocenters. The van der Waals surface area contributed by atoms with Crippen molar-refractivity contribution in [3.63, 3.8) is 0 Å². The van der Waals surface area contributed by atoms with Gasteiger partial charge in [-0.2, -0.15) is 0 Å². The minimum absolute atomic E-state index is 0.193. The predicted molar refractivity (Wildman–Crippen MR) is 117 cm³/mol. The molecular formula is C23H32N4O4. The van der Waals surface area contributed by atoms with Gasteiger partial charge >= 0.3 is 0 Å². The number of carbonyl (C=O) groups excluding carboxylic acids is 2. The Balaban J connectivity index is 1.29. The molecule has 1 saturated carbocycles. The second-order valence-corrected chi connectivity index (χ2v) is 8.78. The molecule has 1 saturated heterocycles. The van der Waals surface area contributed by atoms with Gasteiger partial charge in [0.1, 0.15) is 11.8 Å². The van der Waals surface area contributed by atoms with E-state index < -0.39 is 12.1 Å². The molecule has 8 heteroatoms. The van der Waals surface area contributed by atoms with Gasteiger partial charge in [-0.1, -0.05) is 19.3 Å². The molecule has 8 nitrogen and oxygen atoms in total. The SMILES string of the molecule is CC(O)C1C(=O)NC2=Nc3ccc(OCCCC(=O)N(C)C4CCCCC4)cc3CN21. The third-order valence-corrected chi connectivity index (χ3v) is 6.51. The molecular weight excluding hydrogens is 396 g/mol. The van der Waals surface area contributed by atoms with E-state index in [9.17, 15) is 14.7 Å². The number of aliphatic hydroxyl groups is 1. The van der Waals surface area contributed by atoms with Crippen LogP contribution >= 0.6 is 0 Å². The zero-order chi connectivity index (χ0) is 22.0. The predicted octanol–water partition coefficient (Wildman–Crippen LogP) is 2.32. The van der Waals surface area contributed by atoms with Gasteiger partial charge in [0.2, 0.25) is 11.9 Å². The summed E-state index contributed by atoms with van der Waals surface area (Å²) in [6.07, 6.45) is 6.32. The van der Waals surface area contributed by atoms with Crippen LogP contribution in [0.25, 0.3) is 0 Å². The van der Waals surface area contributed by atoms with Crippen LogP contribution in [-0.2, 0) is 16.1 Å². The molecule has 3 aliphatic rings. The van der Waals surface area contributed by atoms with Crippen LogP contribution in [0.15, 0.2) is 23.2 Å². The average Bonchev–Trinajstić information content (AvgIpc) is 3.09. The van der Waals surface area contributed by atoms with E-state index in [0.717, 1.165) is 29.8 Å². The normalized spacial score (nSPS) is 21.6. The first-order valence-corrected chi connectivity index (χ1v) is 11.3. The molecule has 2 fully saturated rings. The number of ether oxygens (including phenoxy) is 1. The first-order chi connectivity index (χ1) is 14.9. The molecule has 2 unspecified atom stereocenters. The van der Waals surface area contributed by atoms with E-state index in [1.807, 2.05) is 30.1 Å². The van der Waals surface area contributed by atoms with Crippen molar-refractivity contribution < 1.29 is 19.4 Å². The molecule has 1 aromatic carbocycles. The maximum absolute atomic E-state index is 12.5. The summed E-state index contributed by atoms with van der Waals surface area (Å²) in [5.41, 5.74) is 1.73. The number of fused-ring (bicyclic) bond motifs is 2. The van der Waals surface area contributed by atoms with Gasteiger partial charge in [0.25, 0.3) is 5.91 Å². The number of aliphatic imine (C=N–C) groups is 1. The molecule has 2 aliphatic heterocycles.